The molecule has 68 valence electrons. The number of hydrogen-bond donors (Lipinski definition) is 3. The molecule has 0 saturated carbocycles. The summed E-state index contributed by atoms with van der Waals surface area (Å²) in [7, 11) is 0. The molecule has 4 heteroatoms. The fraction of sp³-hybridized carbons (Fsp3) is 0.222. The van der Waals surface area contributed by atoms with Crippen molar-refractivity contribution in [3.63, 3.8) is 0 Å². The third kappa shape index (κ3) is 1.41. The van der Waals surface area contributed by atoms with E-state index in [1.807, 2.05) is 25.1 Å². The molecule has 0 radical (unpaired) electrons. The van der Waals surface area contributed by atoms with Crippen molar-refractivity contribution in [2.45, 2.75) is 13.1 Å². The van der Waals surface area contributed by atoms with E-state index in [2.05, 4.69) is 9.97 Å². The van der Waals surface area contributed by atoms with Gasteiger partial charge in [-0.25, -0.2) is 4.98 Å². The van der Waals surface area contributed by atoms with E-state index < -0.39 is 6.17 Å². The van der Waals surface area contributed by atoms with Crippen molar-refractivity contribution in [2.24, 2.45) is 11.5 Å². The van der Waals surface area contributed by atoms with Gasteiger partial charge in [0, 0.05) is 0 Å². The number of fused-ring (bicyclic) bond motifs is 1. The van der Waals surface area contributed by atoms with Crippen molar-refractivity contribution >= 4 is 11.0 Å². The number of nitrogens with zero attached hydrogens (tertiary/aromatic N) is 1. The van der Waals surface area contributed by atoms with Gasteiger partial charge in [0.2, 0.25) is 0 Å². The van der Waals surface area contributed by atoms with Crippen LogP contribution in [0.2, 0.25) is 0 Å². The van der Waals surface area contributed by atoms with Crippen LogP contribution in [0.3, 0.4) is 0 Å². The highest BCUT2D eigenvalue weighted by Gasteiger charge is 2.03. The molecule has 1 aromatic heterocycles. The first-order valence-electron chi connectivity index (χ1n) is 4.14. The molecule has 4 nitrogen and oxygen atoms in total. The van der Waals surface area contributed by atoms with Crippen molar-refractivity contribution in [1.29, 1.82) is 0 Å². The van der Waals surface area contributed by atoms with Crippen LogP contribution >= 0.6 is 0 Å². The molecule has 0 aliphatic carbocycles. The SMILES string of the molecule is Cc1nc2ccc(C(N)N)cc2[nH]1. The molecule has 0 atom stereocenters. The van der Waals surface area contributed by atoms with E-state index in [-0.39, 0.29) is 0 Å². The van der Waals surface area contributed by atoms with Gasteiger partial charge in [-0.2, -0.15) is 0 Å². The third-order valence-electron chi connectivity index (χ3n) is 2.01. The largest absolute Gasteiger partial charge is 0.342 e. The first kappa shape index (κ1) is 8.22. The van der Waals surface area contributed by atoms with Gasteiger partial charge in [-0.3, -0.25) is 0 Å². The number of aryl methyl sites for hydroxylation is 1. The summed E-state index contributed by atoms with van der Waals surface area (Å²) >= 11 is 0. The molecule has 0 spiro atoms. The summed E-state index contributed by atoms with van der Waals surface area (Å²) in [5.41, 5.74) is 14.0. The van der Waals surface area contributed by atoms with E-state index in [0.29, 0.717) is 0 Å². The molecule has 1 aromatic carbocycles. The van der Waals surface area contributed by atoms with Crippen molar-refractivity contribution in [3.05, 3.63) is 29.6 Å². The second-order valence-electron chi connectivity index (χ2n) is 3.12. The Morgan fingerprint density at radius 3 is 2.85 bits per heavy atom. The van der Waals surface area contributed by atoms with Gasteiger partial charge in [0.15, 0.2) is 0 Å². The van der Waals surface area contributed by atoms with Gasteiger partial charge in [0.05, 0.1) is 17.2 Å². The van der Waals surface area contributed by atoms with Crippen LogP contribution in [0.25, 0.3) is 11.0 Å². The Bertz CT molecular complexity index is 430. The van der Waals surface area contributed by atoms with E-state index in [0.717, 1.165) is 22.4 Å². The van der Waals surface area contributed by atoms with Crippen LogP contribution in [-0.4, -0.2) is 9.97 Å². The lowest BCUT2D eigenvalue weighted by atomic mass is 10.1. The fourth-order valence-electron chi connectivity index (χ4n) is 1.36. The van der Waals surface area contributed by atoms with Crippen molar-refractivity contribution < 1.29 is 0 Å². The summed E-state index contributed by atoms with van der Waals surface area (Å²) in [6.45, 7) is 1.92. The molecule has 0 aliphatic heterocycles. The Labute approximate surface area is 76.0 Å². The topological polar surface area (TPSA) is 80.7 Å². The third-order valence-corrected chi connectivity index (χ3v) is 2.01. The van der Waals surface area contributed by atoms with Gasteiger partial charge < -0.3 is 16.5 Å². The smallest absolute Gasteiger partial charge is 0.104 e. The molecule has 0 amide bonds. The second-order valence-corrected chi connectivity index (χ2v) is 3.12. The molecular weight excluding hydrogens is 164 g/mol. The zero-order valence-corrected chi connectivity index (χ0v) is 7.41. The fourth-order valence-corrected chi connectivity index (χ4v) is 1.36. The summed E-state index contributed by atoms with van der Waals surface area (Å²) in [6.07, 6.45) is -0.423. The minimum atomic E-state index is -0.423. The molecule has 5 N–H and O–H groups in total. The maximum atomic E-state index is 5.56. The molecule has 0 saturated heterocycles. The summed E-state index contributed by atoms with van der Waals surface area (Å²) in [4.78, 5) is 7.41. The van der Waals surface area contributed by atoms with Crippen LogP contribution in [0, 0.1) is 6.92 Å². The minimum absolute atomic E-state index is 0.423. The highest BCUT2D eigenvalue weighted by molar-refractivity contribution is 5.75. The highest BCUT2D eigenvalue weighted by Crippen LogP contribution is 2.15. The molecule has 0 fully saturated rings. The Morgan fingerprint density at radius 1 is 1.38 bits per heavy atom. The standard InChI is InChI=1S/C9H12N4/c1-5-12-7-3-2-6(9(10)11)4-8(7)13-5/h2-4,9H,10-11H2,1H3,(H,12,13). The van der Waals surface area contributed by atoms with Crippen LogP contribution in [-0.2, 0) is 0 Å². The van der Waals surface area contributed by atoms with Gasteiger partial charge >= 0.3 is 0 Å². The number of benzene rings is 1. The van der Waals surface area contributed by atoms with Gasteiger partial charge in [-0.1, -0.05) is 6.07 Å². The first-order valence-corrected chi connectivity index (χ1v) is 4.14. The predicted molar refractivity (Wildman–Crippen MR) is 51.9 cm³/mol. The van der Waals surface area contributed by atoms with Crippen molar-refractivity contribution in [2.75, 3.05) is 0 Å². The zero-order valence-electron chi connectivity index (χ0n) is 7.41. The van der Waals surface area contributed by atoms with Gasteiger partial charge in [-0.05, 0) is 24.6 Å². The summed E-state index contributed by atoms with van der Waals surface area (Å²) in [5.74, 6) is 0.901. The Hall–Kier alpha value is -1.39. The van der Waals surface area contributed by atoms with Crippen LogP contribution in [0.4, 0.5) is 0 Å². The van der Waals surface area contributed by atoms with E-state index in [1.165, 1.54) is 0 Å². The van der Waals surface area contributed by atoms with Gasteiger partial charge in [-0.15, -0.1) is 0 Å². The molecule has 2 aromatic rings. The number of nitrogens with one attached hydrogen (secondary N) is 1. The van der Waals surface area contributed by atoms with Crippen molar-refractivity contribution in [3.8, 4) is 0 Å². The quantitative estimate of drug-likeness (QED) is 0.562. The number of aromatic amines is 1. The summed E-state index contributed by atoms with van der Waals surface area (Å²) < 4.78 is 0. The average Bonchev–Trinajstić information content (AvgIpc) is 2.42. The number of hydrogen-bond acceptors (Lipinski definition) is 3. The van der Waals surface area contributed by atoms with Crippen LogP contribution < -0.4 is 11.5 Å². The Morgan fingerprint density at radius 2 is 2.15 bits per heavy atom. The number of aromatic nitrogens is 2. The van der Waals surface area contributed by atoms with Gasteiger partial charge in [0.1, 0.15) is 5.82 Å². The number of nitrogens with two attached hydrogens (primary N) is 2. The first-order chi connectivity index (χ1) is 6.16. The maximum absolute atomic E-state index is 5.56. The lowest BCUT2D eigenvalue weighted by Gasteiger charge is -2.03. The van der Waals surface area contributed by atoms with E-state index >= 15 is 0 Å². The number of H-pyrrole nitrogens is 1. The lowest BCUT2D eigenvalue weighted by Crippen LogP contribution is -2.19. The molecule has 1 heterocycles. The lowest BCUT2D eigenvalue weighted by molar-refractivity contribution is 0.775. The monoisotopic (exact) mass is 176 g/mol. The van der Waals surface area contributed by atoms with E-state index in [9.17, 15) is 0 Å². The maximum Gasteiger partial charge on any atom is 0.104 e. The minimum Gasteiger partial charge on any atom is -0.342 e. The zero-order chi connectivity index (χ0) is 9.42. The number of rotatable bonds is 1. The van der Waals surface area contributed by atoms with Gasteiger partial charge in [0.25, 0.3) is 0 Å². The molecular formula is C9H12N4. The molecule has 0 bridgehead atoms. The normalized spacial score (nSPS) is 11.4. The van der Waals surface area contributed by atoms with Crippen molar-refractivity contribution in [1.82, 2.24) is 9.97 Å². The average molecular weight is 176 g/mol. The Balaban J connectivity index is 2.61. The van der Waals surface area contributed by atoms with Crippen LogP contribution in [0.15, 0.2) is 18.2 Å². The number of imidazole rings is 1. The summed E-state index contributed by atoms with van der Waals surface area (Å²) in [6, 6.07) is 5.74. The van der Waals surface area contributed by atoms with Crippen LogP contribution in [0.5, 0.6) is 0 Å². The summed E-state index contributed by atoms with van der Waals surface area (Å²) in [5, 5.41) is 0. The Kier molecular flexibility index (Phi) is 1.79. The van der Waals surface area contributed by atoms with E-state index in [1.54, 1.807) is 0 Å². The molecule has 0 aliphatic rings. The molecule has 0 unspecified atom stereocenters. The predicted octanol–water partition coefficient (Wildman–Crippen LogP) is 0.787. The molecule has 13 heavy (non-hydrogen) atoms. The molecule has 2 rings (SSSR count). The van der Waals surface area contributed by atoms with E-state index in [4.69, 9.17) is 11.5 Å². The highest BCUT2D eigenvalue weighted by atomic mass is 14.9. The van der Waals surface area contributed by atoms with Crippen LogP contribution in [0.1, 0.15) is 17.6 Å². The second kappa shape index (κ2) is 2.83.